The Morgan fingerprint density at radius 1 is 1.19 bits per heavy atom. The fraction of sp³-hybridized carbons (Fsp3) is 0.500. The zero-order valence-electron chi connectivity index (χ0n) is 11.9. The van der Waals surface area contributed by atoms with Gasteiger partial charge >= 0.3 is 0 Å². The minimum atomic E-state index is -2.97. The van der Waals surface area contributed by atoms with E-state index in [4.69, 9.17) is 5.73 Å². The first kappa shape index (κ1) is 17.8. The molecule has 0 bridgehead atoms. The minimum Gasteiger partial charge on any atom is -0.398 e. The summed E-state index contributed by atoms with van der Waals surface area (Å²) in [5.41, 5.74) is 6.69. The predicted molar refractivity (Wildman–Crippen MR) is 86.5 cm³/mol. The van der Waals surface area contributed by atoms with Crippen molar-refractivity contribution in [3.63, 3.8) is 0 Å². The van der Waals surface area contributed by atoms with Crippen LogP contribution in [-0.4, -0.2) is 31.9 Å². The lowest BCUT2D eigenvalue weighted by atomic mass is 9.94. The number of carbonyl (C=O) groups excluding carboxylic acids is 1. The van der Waals surface area contributed by atoms with E-state index in [-0.39, 0.29) is 29.6 Å². The van der Waals surface area contributed by atoms with Crippen LogP contribution in [0, 0.1) is 0 Å². The predicted octanol–water partition coefficient (Wildman–Crippen LogP) is 1.78. The van der Waals surface area contributed by atoms with E-state index in [9.17, 15) is 13.2 Å². The van der Waals surface area contributed by atoms with Gasteiger partial charge in [0, 0.05) is 18.0 Å². The Balaban J connectivity index is 0.00000220. The summed E-state index contributed by atoms with van der Waals surface area (Å²) in [6.45, 7) is 0. The van der Waals surface area contributed by atoms with Crippen LogP contribution in [0.15, 0.2) is 24.3 Å². The van der Waals surface area contributed by atoms with Crippen molar-refractivity contribution in [1.82, 2.24) is 5.32 Å². The number of nitrogen functional groups attached to an aromatic ring is 1. The van der Waals surface area contributed by atoms with Gasteiger partial charge in [-0.3, -0.25) is 4.79 Å². The van der Waals surface area contributed by atoms with Gasteiger partial charge in [0.25, 0.3) is 5.91 Å². The number of halogens is 1. The van der Waals surface area contributed by atoms with Crippen molar-refractivity contribution in [3.8, 4) is 0 Å². The van der Waals surface area contributed by atoms with Gasteiger partial charge in [0.15, 0.2) is 0 Å². The molecule has 0 unspecified atom stereocenters. The Bertz CT molecular complexity index is 596. The summed E-state index contributed by atoms with van der Waals surface area (Å²) in [6.07, 6.45) is 3.87. The van der Waals surface area contributed by atoms with Gasteiger partial charge in [0.2, 0.25) is 0 Å². The van der Waals surface area contributed by atoms with E-state index in [1.165, 1.54) is 6.26 Å². The van der Waals surface area contributed by atoms with Gasteiger partial charge in [0.1, 0.15) is 9.84 Å². The van der Waals surface area contributed by atoms with Gasteiger partial charge in [-0.2, -0.15) is 0 Å². The van der Waals surface area contributed by atoms with Gasteiger partial charge in [0.05, 0.1) is 10.8 Å². The van der Waals surface area contributed by atoms with Crippen molar-refractivity contribution in [2.24, 2.45) is 0 Å². The third-order valence-corrected chi connectivity index (χ3v) is 5.50. The molecule has 0 atom stereocenters. The average molecular weight is 333 g/mol. The first-order valence-electron chi connectivity index (χ1n) is 6.72. The molecule has 0 radical (unpaired) electrons. The molecule has 7 heteroatoms. The number of hydrogen-bond donors (Lipinski definition) is 2. The quantitative estimate of drug-likeness (QED) is 0.826. The third kappa shape index (κ3) is 4.61. The molecule has 0 aliphatic heterocycles. The fourth-order valence-corrected chi connectivity index (χ4v) is 3.73. The maximum absolute atomic E-state index is 12.1. The first-order valence-corrected chi connectivity index (χ1v) is 8.67. The van der Waals surface area contributed by atoms with Gasteiger partial charge in [-0.15, -0.1) is 12.4 Å². The van der Waals surface area contributed by atoms with Crippen LogP contribution >= 0.6 is 12.4 Å². The van der Waals surface area contributed by atoms with Crippen molar-refractivity contribution in [2.45, 2.75) is 37.0 Å². The van der Waals surface area contributed by atoms with Crippen molar-refractivity contribution in [2.75, 3.05) is 12.0 Å². The normalized spacial score (nSPS) is 22.1. The number of nitrogens with two attached hydrogens (primary N) is 1. The minimum absolute atomic E-state index is 0. The highest BCUT2D eigenvalue weighted by Gasteiger charge is 2.28. The molecule has 3 N–H and O–H groups in total. The van der Waals surface area contributed by atoms with Crippen LogP contribution in [-0.2, 0) is 9.84 Å². The fourth-order valence-electron chi connectivity index (χ4n) is 2.60. The highest BCUT2D eigenvalue weighted by molar-refractivity contribution is 7.91. The van der Waals surface area contributed by atoms with Crippen molar-refractivity contribution in [3.05, 3.63) is 29.8 Å². The molecule has 5 nitrogen and oxygen atoms in total. The number of amides is 1. The van der Waals surface area contributed by atoms with Crippen LogP contribution in [0.1, 0.15) is 36.0 Å². The van der Waals surface area contributed by atoms with Crippen LogP contribution in [0.5, 0.6) is 0 Å². The number of anilines is 1. The Kier molecular flexibility index (Phi) is 6.04. The number of para-hydroxylation sites is 1. The van der Waals surface area contributed by atoms with E-state index in [1.54, 1.807) is 24.3 Å². The second-order valence-corrected chi connectivity index (χ2v) is 7.69. The molecular formula is C14H21ClN2O3S. The summed E-state index contributed by atoms with van der Waals surface area (Å²) in [5, 5.41) is 2.67. The van der Waals surface area contributed by atoms with E-state index < -0.39 is 9.84 Å². The molecule has 1 fully saturated rings. The van der Waals surface area contributed by atoms with Crippen molar-refractivity contribution < 1.29 is 13.2 Å². The third-order valence-electron chi connectivity index (χ3n) is 3.82. The summed E-state index contributed by atoms with van der Waals surface area (Å²) < 4.78 is 23.0. The zero-order chi connectivity index (χ0) is 14.8. The number of rotatable bonds is 3. The van der Waals surface area contributed by atoms with Crippen molar-refractivity contribution in [1.29, 1.82) is 0 Å². The summed E-state index contributed by atoms with van der Waals surface area (Å²) in [5.74, 6) is -0.189. The van der Waals surface area contributed by atoms with Crippen LogP contribution in [0.3, 0.4) is 0 Å². The van der Waals surface area contributed by atoms with E-state index >= 15 is 0 Å². The zero-order valence-corrected chi connectivity index (χ0v) is 13.5. The second-order valence-electron chi connectivity index (χ2n) is 5.36. The molecule has 1 amide bonds. The average Bonchev–Trinajstić information content (AvgIpc) is 2.38. The van der Waals surface area contributed by atoms with Crippen LogP contribution in [0.4, 0.5) is 5.69 Å². The lowest BCUT2D eigenvalue weighted by Crippen LogP contribution is -2.40. The summed E-state index contributed by atoms with van der Waals surface area (Å²) >= 11 is 0. The van der Waals surface area contributed by atoms with E-state index in [0.717, 1.165) is 0 Å². The molecule has 21 heavy (non-hydrogen) atoms. The van der Waals surface area contributed by atoms with Crippen LogP contribution < -0.4 is 11.1 Å². The summed E-state index contributed by atoms with van der Waals surface area (Å²) in [4.78, 5) is 12.1. The molecule has 0 heterocycles. The molecule has 0 spiro atoms. The Morgan fingerprint density at radius 2 is 1.76 bits per heavy atom. The molecule has 2 rings (SSSR count). The maximum atomic E-state index is 12.1. The first-order chi connectivity index (χ1) is 9.38. The molecule has 1 aromatic carbocycles. The number of nitrogens with one attached hydrogen (secondary N) is 1. The Hall–Kier alpha value is -1.27. The van der Waals surface area contributed by atoms with E-state index in [0.29, 0.717) is 36.9 Å². The summed E-state index contributed by atoms with van der Waals surface area (Å²) in [7, 11) is -2.97. The molecule has 1 aliphatic rings. The molecule has 0 saturated heterocycles. The van der Waals surface area contributed by atoms with Crippen LogP contribution in [0.2, 0.25) is 0 Å². The highest BCUT2D eigenvalue weighted by atomic mass is 35.5. The van der Waals surface area contributed by atoms with Gasteiger partial charge in [-0.05, 0) is 37.8 Å². The molecule has 1 aromatic rings. The Labute approximate surface area is 131 Å². The monoisotopic (exact) mass is 332 g/mol. The van der Waals surface area contributed by atoms with Crippen molar-refractivity contribution >= 4 is 33.8 Å². The van der Waals surface area contributed by atoms with Crippen LogP contribution in [0.25, 0.3) is 0 Å². The topological polar surface area (TPSA) is 89.3 Å². The number of sulfone groups is 1. The molecule has 0 aromatic heterocycles. The van der Waals surface area contributed by atoms with Gasteiger partial charge < -0.3 is 11.1 Å². The molecule has 1 saturated carbocycles. The smallest absolute Gasteiger partial charge is 0.253 e. The second kappa shape index (κ2) is 7.13. The number of benzene rings is 1. The molecule has 1 aliphatic carbocycles. The van der Waals surface area contributed by atoms with Gasteiger partial charge in [-0.1, -0.05) is 12.1 Å². The highest BCUT2D eigenvalue weighted by Crippen LogP contribution is 2.24. The maximum Gasteiger partial charge on any atom is 0.253 e. The van der Waals surface area contributed by atoms with E-state index in [2.05, 4.69) is 5.32 Å². The Morgan fingerprint density at radius 3 is 2.29 bits per heavy atom. The SMILES string of the molecule is CS(=O)(=O)C1CCC(NC(=O)c2ccccc2N)CC1.Cl. The standard InChI is InChI=1S/C14H20N2O3S.ClH/c1-20(18,19)11-8-6-10(7-9-11)16-14(17)12-4-2-3-5-13(12)15;/h2-5,10-11H,6-9,15H2,1H3,(H,16,17);1H. The number of hydrogen-bond acceptors (Lipinski definition) is 4. The lowest BCUT2D eigenvalue weighted by Gasteiger charge is -2.28. The van der Waals surface area contributed by atoms with Gasteiger partial charge in [-0.25, -0.2) is 8.42 Å². The summed E-state index contributed by atoms with van der Waals surface area (Å²) in [6, 6.07) is 6.96. The molecule has 118 valence electrons. The molecular weight excluding hydrogens is 312 g/mol. The lowest BCUT2D eigenvalue weighted by molar-refractivity contribution is 0.0929. The van der Waals surface area contributed by atoms with E-state index in [1.807, 2.05) is 0 Å². The largest absolute Gasteiger partial charge is 0.398 e. The number of carbonyl (C=O) groups is 1.